The van der Waals surface area contributed by atoms with Crippen LogP contribution < -0.4 is 31.8 Å². The van der Waals surface area contributed by atoms with Crippen LogP contribution in [0.5, 0.6) is 11.5 Å². The second-order valence-electron chi connectivity index (χ2n) is 5.40. The average Bonchev–Trinajstić information content (AvgIpc) is 2.56. The summed E-state index contributed by atoms with van der Waals surface area (Å²) < 4.78 is 45.3. The van der Waals surface area contributed by atoms with Crippen molar-refractivity contribution in [3.8, 4) is 11.5 Å². The van der Waals surface area contributed by atoms with Gasteiger partial charge >= 0.3 is 12.1 Å². The smallest absolute Gasteiger partial charge is 0.491 e. The van der Waals surface area contributed by atoms with Crippen LogP contribution >= 0.6 is 0 Å². The van der Waals surface area contributed by atoms with E-state index >= 15 is 0 Å². The minimum absolute atomic E-state index is 0.0431. The number of anilines is 1. The van der Waals surface area contributed by atoms with E-state index in [9.17, 15) is 27.6 Å². The second-order valence-corrected chi connectivity index (χ2v) is 5.40. The molecule has 0 fully saturated rings. The molecule has 146 valence electrons. The summed E-state index contributed by atoms with van der Waals surface area (Å²) >= 11 is 0. The van der Waals surface area contributed by atoms with Gasteiger partial charge in [-0.15, -0.1) is 13.2 Å². The normalized spacial score (nSPS) is 12.3. The molecule has 0 saturated carbocycles. The van der Waals surface area contributed by atoms with Crippen molar-refractivity contribution >= 4 is 11.6 Å². The molecule has 0 aliphatic rings. The van der Waals surface area contributed by atoms with E-state index in [0.717, 1.165) is 12.1 Å². The lowest BCUT2D eigenvalue weighted by molar-refractivity contribution is -0.274. The van der Waals surface area contributed by atoms with Crippen molar-refractivity contribution in [1.29, 1.82) is 0 Å². The number of aromatic amines is 2. The van der Waals surface area contributed by atoms with Gasteiger partial charge in [0.1, 0.15) is 29.5 Å². The van der Waals surface area contributed by atoms with Crippen molar-refractivity contribution in [1.82, 2.24) is 15.3 Å². The third-order valence-electron chi connectivity index (χ3n) is 3.14. The largest absolute Gasteiger partial charge is 0.573 e. The highest BCUT2D eigenvalue weighted by Gasteiger charge is 2.31. The molecule has 2 aromatic rings. The van der Waals surface area contributed by atoms with Crippen molar-refractivity contribution in [3.05, 3.63) is 50.8 Å². The third-order valence-corrected chi connectivity index (χ3v) is 3.14. The Morgan fingerprint density at radius 3 is 2.37 bits per heavy atom. The average molecular weight is 388 g/mol. The van der Waals surface area contributed by atoms with E-state index in [1.54, 1.807) is 6.92 Å². The van der Waals surface area contributed by atoms with Gasteiger partial charge in [-0.1, -0.05) is 0 Å². The highest BCUT2D eigenvalue weighted by atomic mass is 19.4. The van der Waals surface area contributed by atoms with Crippen LogP contribution in [0, 0.1) is 0 Å². The molecule has 0 bridgehead atoms. The number of aromatic nitrogens is 2. The molecule has 0 aliphatic heterocycles. The summed E-state index contributed by atoms with van der Waals surface area (Å²) in [4.78, 5) is 38.7. The molecule has 1 aromatic heterocycles. The van der Waals surface area contributed by atoms with Crippen molar-refractivity contribution in [2.45, 2.75) is 19.3 Å². The van der Waals surface area contributed by atoms with E-state index in [1.807, 2.05) is 4.98 Å². The Bertz CT molecular complexity index is 921. The number of hydrogen-bond donors (Lipinski definition) is 4. The van der Waals surface area contributed by atoms with Gasteiger partial charge in [-0.3, -0.25) is 14.6 Å². The molecule has 1 aromatic carbocycles. The zero-order valence-electron chi connectivity index (χ0n) is 13.8. The van der Waals surface area contributed by atoms with Gasteiger partial charge in [0, 0.05) is 0 Å². The number of H-pyrrole nitrogens is 2. The Labute approximate surface area is 149 Å². The predicted molar refractivity (Wildman–Crippen MR) is 87.6 cm³/mol. The number of ether oxygens (including phenoxy) is 2. The number of halogens is 3. The molecule has 27 heavy (non-hydrogen) atoms. The van der Waals surface area contributed by atoms with E-state index in [2.05, 4.69) is 15.0 Å². The van der Waals surface area contributed by atoms with Gasteiger partial charge in [0.05, 0.1) is 6.04 Å². The maximum Gasteiger partial charge on any atom is 0.573 e. The van der Waals surface area contributed by atoms with Gasteiger partial charge in [-0.05, 0) is 31.2 Å². The Hall–Kier alpha value is -3.44. The first-order valence-corrected chi connectivity index (χ1v) is 7.46. The number of rotatable bonds is 6. The highest BCUT2D eigenvalue weighted by molar-refractivity contribution is 5.96. The number of nitrogens with two attached hydrogens (primary N) is 1. The number of alkyl halides is 3. The van der Waals surface area contributed by atoms with Crippen molar-refractivity contribution in [3.63, 3.8) is 0 Å². The predicted octanol–water partition coefficient (Wildman–Crippen LogP) is 0.741. The number of benzene rings is 1. The Morgan fingerprint density at radius 2 is 1.78 bits per heavy atom. The molecule has 2 rings (SSSR count). The van der Waals surface area contributed by atoms with Gasteiger partial charge in [-0.2, -0.15) is 0 Å². The van der Waals surface area contributed by atoms with E-state index in [1.165, 1.54) is 12.1 Å². The van der Waals surface area contributed by atoms with Gasteiger partial charge in [-0.25, -0.2) is 4.79 Å². The summed E-state index contributed by atoms with van der Waals surface area (Å²) in [6.07, 6.45) is -4.79. The van der Waals surface area contributed by atoms with Gasteiger partial charge in [0.15, 0.2) is 0 Å². The molecule has 0 saturated heterocycles. The quantitative estimate of drug-likeness (QED) is 0.576. The first-order chi connectivity index (χ1) is 12.5. The van der Waals surface area contributed by atoms with Crippen molar-refractivity contribution in [2.24, 2.45) is 0 Å². The lowest BCUT2D eigenvalue weighted by Gasteiger charge is -2.16. The van der Waals surface area contributed by atoms with Gasteiger partial charge < -0.3 is 25.5 Å². The fourth-order valence-electron chi connectivity index (χ4n) is 1.97. The molecule has 1 amide bonds. The molecule has 1 unspecified atom stereocenters. The van der Waals surface area contributed by atoms with E-state index in [0.29, 0.717) is 0 Å². The first kappa shape index (κ1) is 19.9. The Balaban J connectivity index is 1.93. The van der Waals surface area contributed by atoms with E-state index in [-0.39, 0.29) is 18.1 Å². The summed E-state index contributed by atoms with van der Waals surface area (Å²) in [7, 11) is 0. The molecule has 0 spiro atoms. The summed E-state index contributed by atoms with van der Waals surface area (Å²) in [5, 5.41) is 2.46. The van der Waals surface area contributed by atoms with Crippen LogP contribution in [0.25, 0.3) is 0 Å². The standard InChI is InChI=1S/C15H15F3N4O5/c1-7(20-13(24)11-10(19)12(23)22-14(25)21-11)6-26-8-2-4-9(5-3-8)27-15(16,17)18/h2-5,7H,6,19H2,1H3,(H,20,24)(H2,21,22,23,25). The number of nitrogen functional groups attached to an aromatic ring is 1. The zero-order chi connectivity index (χ0) is 20.2. The fraction of sp³-hybridized carbons (Fsp3) is 0.267. The molecule has 9 nitrogen and oxygen atoms in total. The molecule has 0 aliphatic carbocycles. The van der Waals surface area contributed by atoms with Crippen LogP contribution in [-0.4, -0.2) is 34.9 Å². The second kappa shape index (κ2) is 7.85. The minimum atomic E-state index is -4.79. The summed E-state index contributed by atoms with van der Waals surface area (Å²) in [6, 6.07) is 4.11. The molecule has 12 heteroatoms. The first-order valence-electron chi connectivity index (χ1n) is 7.46. The number of hydrogen-bond acceptors (Lipinski definition) is 6. The molecule has 1 atom stereocenters. The molecular weight excluding hydrogens is 373 g/mol. The number of amides is 1. The zero-order valence-corrected chi connectivity index (χ0v) is 13.8. The monoisotopic (exact) mass is 388 g/mol. The van der Waals surface area contributed by atoms with Crippen LogP contribution in [0.15, 0.2) is 33.9 Å². The van der Waals surface area contributed by atoms with Crippen LogP contribution in [0.1, 0.15) is 17.4 Å². The Kier molecular flexibility index (Phi) is 5.78. The fourth-order valence-corrected chi connectivity index (χ4v) is 1.97. The highest BCUT2D eigenvalue weighted by Crippen LogP contribution is 2.24. The topological polar surface area (TPSA) is 139 Å². The number of nitrogens with one attached hydrogen (secondary N) is 3. The summed E-state index contributed by atoms with van der Waals surface area (Å²) in [5.41, 5.74) is 2.84. The number of carbonyl (C=O) groups excluding carboxylic acids is 1. The molecule has 0 radical (unpaired) electrons. The molecule has 5 N–H and O–H groups in total. The van der Waals surface area contributed by atoms with E-state index < -0.39 is 41.0 Å². The van der Waals surface area contributed by atoms with Crippen LogP contribution in [-0.2, 0) is 0 Å². The SMILES string of the molecule is CC(COc1ccc(OC(F)(F)F)cc1)NC(=O)c1[nH]c(=O)[nH]c(=O)c1N. The number of carbonyl (C=O) groups is 1. The maximum absolute atomic E-state index is 12.1. The Morgan fingerprint density at radius 1 is 1.19 bits per heavy atom. The van der Waals surface area contributed by atoms with Crippen molar-refractivity contribution < 1.29 is 27.4 Å². The van der Waals surface area contributed by atoms with Gasteiger partial charge in [0.2, 0.25) is 0 Å². The van der Waals surface area contributed by atoms with Crippen LogP contribution in [0.2, 0.25) is 0 Å². The van der Waals surface area contributed by atoms with Crippen LogP contribution in [0.4, 0.5) is 18.9 Å². The minimum Gasteiger partial charge on any atom is -0.491 e. The maximum atomic E-state index is 12.1. The summed E-state index contributed by atoms with van der Waals surface area (Å²) in [5.74, 6) is -0.944. The van der Waals surface area contributed by atoms with Gasteiger partial charge in [0.25, 0.3) is 11.5 Å². The van der Waals surface area contributed by atoms with Crippen LogP contribution in [0.3, 0.4) is 0 Å². The lowest BCUT2D eigenvalue weighted by atomic mass is 10.3. The summed E-state index contributed by atoms with van der Waals surface area (Å²) in [6.45, 7) is 1.53. The molecule has 1 heterocycles. The third kappa shape index (κ3) is 5.80. The molecular formula is C15H15F3N4O5. The lowest BCUT2D eigenvalue weighted by Crippen LogP contribution is -2.40. The van der Waals surface area contributed by atoms with Crippen molar-refractivity contribution in [2.75, 3.05) is 12.3 Å². The van der Waals surface area contributed by atoms with E-state index in [4.69, 9.17) is 10.5 Å².